The number of likely N-dealkylation sites (N-methyl/N-ethyl adjacent to an activating group) is 1. The SMILES string of the molecule is CNC(=O)[C@H](C)N(Cc1ccc(Cl)cc1)C(=O)CSCc1ccc(Cl)cc1Cl. The first-order valence-electron chi connectivity index (χ1n) is 8.59. The van der Waals surface area contributed by atoms with Crippen molar-refractivity contribution in [3.8, 4) is 0 Å². The second-order valence-corrected chi connectivity index (χ2v) is 8.43. The highest BCUT2D eigenvalue weighted by molar-refractivity contribution is 7.99. The number of nitrogens with zero attached hydrogens (tertiary/aromatic N) is 1. The van der Waals surface area contributed by atoms with Gasteiger partial charge in [-0.2, -0.15) is 0 Å². The van der Waals surface area contributed by atoms with Gasteiger partial charge in [0, 0.05) is 34.4 Å². The second kappa shape index (κ2) is 11.0. The molecule has 0 aliphatic heterocycles. The molecule has 8 heteroatoms. The lowest BCUT2D eigenvalue weighted by molar-refractivity contribution is -0.138. The Morgan fingerprint density at radius 2 is 1.71 bits per heavy atom. The number of amides is 2. The third kappa shape index (κ3) is 6.59. The van der Waals surface area contributed by atoms with Gasteiger partial charge in [-0.1, -0.05) is 53.0 Å². The van der Waals surface area contributed by atoms with Crippen molar-refractivity contribution in [2.24, 2.45) is 0 Å². The van der Waals surface area contributed by atoms with Crippen molar-refractivity contribution >= 4 is 58.4 Å². The van der Waals surface area contributed by atoms with Crippen LogP contribution in [0, 0.1) is 0 Å². The van der Waals surface area contributed by atoms with Gasteiger partial charge in [-0.15, -0.1) is 11.8 Å². The average molecular weight is 460 g/mol. The molecule has 0 radical (unpaired) electrons. The summed E-state index contributed by atoms with van der Waals surface area (Å²) in [4.78, 5) is 26.5. The van der Waals surface area contributed by atoms with E-state index in [1.54, 1.807) is 43.1 Å². The normalized spacial score (nSPS) is 11.8. The summed E-state index contributed by atoms with van der Waals surface area (Å²) >= 11 is 19.5. The Balaban J connectivity index is 2.05. The number of carbonyl (C=O) groups excluding carboxylic acids is 2. The predicted octanol–water partition coefficient (Wildman–Crippen LogP) is 5.04. The van der Waals surface area contributed by atoms with E-state index in [1.165, 1.54) is 11.8 Å². The van der Waals surface area contributed by atoms with Crippen molar-refractivity contribution in [2.75, 3.05) is 12.8 Å². The number of hydrogen-bond donors (Lipinski definition) is 1. The number of thioether (sulfide) groups is 1. The standard InChI is InChI=1S/C20H21Cl3N2O2S/c1-13(20(27)24-2)25(10-14-3-6-16(21)7-4-14)19(26)12-28-11-15-5-8-17(22)9-18(15)23/h3-9,13H,10-12H2,1-2H3,(H,24,27)/t13-/m0/s1. The van der Waals surface area contributed by atoms with Gasteiger partial charge in [-0.3, -0.25) is 9.59 Å². The molecule has 0 spiro atoms. The van der Waals surface area contributed by atoms with Crippen LogP contribution in [0.1, 0.15) is 18.1 Å². The fourth-order valence-electron chi connectivity index (χ4n) is 2.55. The summed E-state index contributed by atoms with van der Waals surface area (Å²) in [6.45, 7) is 2.04. The molecule has 1 atom stereocenters. The number of halogens is 3. The molecule has 2 aromatic rings. The van der Waals surface area contributed by atoms with Gasteiger partial charge in [0.15, 0.2) is 0 Å². The van der Waals surface area contributed by atoms with Gasteiger partial charge in [-0.05, 0) is 42.3 Å². The third-order valence-corrected chi connectivity index (χ3v) is 5.98. The Bertz CT molecular complexity index is 831. The Labute approximate surface area is 184 Å². The molecule has 1 N–H and O–H groups in total. The molecule has 2 amide bonds. The topological polar surface area (TPSA) is 49.4 Å². The zero-order valence-electron chi connectivity index (χ0n) is 15.5. The lowest BCUT2D eigenvalue weighted by Gasteiger charge is -2.28. The van der Waals surface area contributed by atoms with E-state index in [0.717, 1.165) is 11.1 Å². The minimum atomic E-state index is -0.590. The zero-order valence-corrected chi connectivity index (χ0v) is 18.6. The van der Waals surface area contributed by atoms with Crippen molar-refractivity contribution in [2.45, 2.75) is 25.3 Å². The van der Waals surface area contributed by atoms with Crippen LogP contribution in [0.25, 0.3) is 0 Å². The Kier molecular flexibility index (Phi) is 8.96. The van der Waals surface area contributed by atoms with Crippen molar-refractivity contribution in [3.05, 3.63) is 68.7 Å². The van der Waals surface area contributed by atoms with Crippen LogP contribution in [0.15, 0.2) is 42.5 Å². The van der Waals surface area contributed by atoms with Crippen molar-refractivity contribution < 1.29 is 9.59 Å². The predicted molar refractivity (Wildman–Crippen MR) is 118 cm³/mol. The maximum atomic E-state index is 12.9. The van der Waals surface area contributed by atoms with Gasteiger partial charge < -0.3 is 10.2 Å². The van der Waals surface area contributed by atoms with Crippen molar-refractivity contribution in [3.63, 3.8) is 0 Å². The van der Waals surface area contributed by atoms with Crippen LogP contribution in [0.2, 0.25) is 15.1 Å². The molecule has 0 heterocycles. The maximum Gasteiger partial charge on any atom is 0.242 e. The highest BCUT2D eigenvalue weighted by Crippen LogP contribution is 2.25. The van der Waals surface area contributed by atoms with Crippen LogP contribution >= 0.6 is 46.6 Å². The Morgan fingerprint density at radius 1 is 1.07 bits per heavy atom. The summed E-state index contributed by atoms with van der Waals surface area (Å²) in [5, 5.41) is 4.37. The molecule has 0 bridgehead atoms. The molecule has 2 rings (SSSR count). The molecule has 0 aromatic heterocycles. The molecule has 0 fully saturated rings. The number of rotatable bonds is 8. The van der Waals surface area contributed by atoms with Crippen LogP contribution in [-0.2, 0) is 21.9 Å². The van der Waals surface area contributed by atoms with Gasteiger partial charge >= 0.3 is 0 Å². The van der Waals surface area contributed by atoms with E-state index >= 15 is 0 Å². The number of benzene rings is 2. The van der Waals surface area contributed by atoms with Gasteiger partial charge in [0.25, 0.3) is 0 Å². The van der Waals surface area contributed by atoms with Gasteiger partial charge in [0.1, 0.15) is 6.04 Å². The minimum absolute atomic E-state index is 0.124. The molecule has 150 valence electrons. The minimum Gasteiger partial charge on any atom is -0.357 e. The van der Waals surface area contributed by atoms with E-state index < -0.39 is 6.04 Å². The highest BCUT2D eigenvalue weighted by Gasteiger charge is 2.25. The molecular formula is C20H21Cl3N2O2S. The fraction of sp³-hybridized carbons (Fsp3) is 0.300. The van der Waals surface area contributed by atoms with Gasteiger partial charge in [0.05, 0.1) is 5.75 Å². The summed E-state index contributed by atoms with van der Waals surface area (Å²) in [6, 6.07) is 11.9. The molecule has 4 nitrogen and oxygen atoms in total. The smallest absolute Gasteiger partial charge is 0.242 e. The number of hydrogen-bond acceptors (Lipinski definition) is 3. The first-order valence-corrected chi connectivity index (χ1v) is 10.9. The molecule has 0 aliphatic carbocycles. The van der Waals surface area contributed by atoms with Crippen LogP contribution in [0.4, 0.5) is 0 Å². The number of nitrogens with one attached hydrogen (secondary N) is 1. The molecule has 0 unspecified atom stereocenters. The summed E-state index contributed by atoms with van der Waals surface area (Å²) in [5.41, 5.74) is 1.81. The molecule has 0 saturated carbocycles. The van der Waals surface area contributed by atoms with Crippen molar-refractivity contribution in [1.82, 2.24) is 10.2 Å². The van der Waals surface area contributed by atoms with E-state index in [9.17, 15) is 9.59 Å². The van der Waals surface area contributed by atoms with E-state index in [2.05, 4.69) is 5.32 Å². The summed E-state index contributed by atoms with van der Waals surface area (Å²) in [7, 11) is 1.56. The van der Waals surface area contributed by atoms with Crippen LogP contribution in [0.5, 0.6) is 0 Å². The lowest BCUT2D eigenvalue weighted by Crippen LogP contribution is -2.47. The van der Waals surface area contributed by atoms with Crippen LogP contribution in [-0.4, -0.2) is 35.6 Å². The molecular weight excluding hydrogens is 439 g/mol. The summed E-state index contributed by atoms with van der Waals surface area (Å²) < 4.78 is 0. The first-order chi connectivity index (χ1) is 13.3. The number of carbonyl (C=O) groups is 2. The van der Waals surface area contributed by atoms with Crippen LogP contribution in [0.3, 0.4) is 0 Å². The van der Waals surface area contributed by atoms with E-state index in [4.69, 9.17) is 34.8 Å². The van der Waals surface area contributed by atoms with Gasteiger partial charge in [0.2, 0.25) is 11.8 Å². The second-order valence-electron chi connectivity index (χ2n) is 6.17. The van der Waals surface area contributed by atoms with E-state index in [-0.39, 0.29) is 17.6 Å². The molecule has 0 aliphatic rings. The Morgan fingerprint density at radius 3 is 2.32 bits per heavy atom. The zero-order chi connectivity index (χ0) is 20.7. The third-order valence-electron chi connectivity index (χ3n) is 4.18. The molecule has 2 aromatic carbocycles. The fourth-order valence-corrected chi connectivity index (χ4v) is 4.14. The Hall–Kier alpha value is -1.40. The summed E-state index contributed by atoms with van der Waals surface area (Å²) in [5.74, 6) is 0.466. The maximum absolute atomic E-state index is 12.9. The van der Waals surface area contributed by atoms with Crippen molar-refractivity contribution in [1.29, 1.82) is 0 Å². The van der Waals surface area contributed by atoms with E-state index in [0.29, 0.717) is 27.4 Å². The van der Waals surface area contributed by atoms with E-state index in [1.807, 2.05) is 18.2 Å². The lowest BCUT2D eigenvalue weighted by atomic mass is 10.1. The first kappa shape index (κ1) is 22.9. The largest absolute Gasteiger partial charge is 0.357 e. The van der Waals surface area contributed by atoms with Gasteiger partial charge in [-0.25, -0.2) is 0 Å². The molecule has 28 heavy (non-hydrogen) atoms. The highest BCUT2D eigenvalue weighted by atomic mass is 35.5. The average Bonchev–Trinajstić information content (AvgIpc) is 2.67. The monoisotopic (exact) mass is 458 g/mol. The summed E-state index contributed by atoms with van der Waals surface area (Å²) in [6.07, 6.45) is 0. The quantitative estimate of drug-likeness (QED) is 0.601. The van der Waals surface area contributed by atoms with Crippen LogP contribution < -0.4 is 5.32 Å². The molecule has 0 saturated heterocycles.